The molecule has 1 rings (SSSR count). The Hall–Kier alpha value is -0.610. The van der Waals surface area contributed by atoms with Gasteiger partial charge in [-0.15, -0.1) is 0 Å². The zero-order valence-electron chi connectivity index (χ0n) is 7.92. The maximum atomic E-state index is 10.7. The molecule has 3 nitrogen and oxygen atoms in total. The molecule has 1 heterocycles. The fraction of sp³-hybridized carbons (Fsp3) is 0.556. The Labute approximate surface area is 91.9 Å². The van der Waals surface area contributed by atoms with Crippen LogP contribution in [0.1, 0.15) is 41.6 Å². The molecule has 5 heteroatoms. The van der Waals surface area contributed by atoms with E-state index < -0.39 is 5.97 Å². The monoisotopic (exact) mass is 233 g/mol. The van der Waals surface area contributed by atoms with E-state index in [1.54, 1.807) is 0 Å². The van der Waals surface area contributed by atoms with Crippen LogP contribution in [0.3, 0.4) is 0 Å². The Kier molecular flexibility index (Phi) is 4.35. The van der Waals surface area contributed by atoms with Crippen LogP contribution in [0.25, 0.3) is 0 Å². The number of aryl methyl sites for hydroxylation is 1. The number of unbranched alkanes of at least 4 members (excludes halogenated alkanes) is 2. The third-order valence-electron chi connectivity index (χ3n) is 1.91. The molecule has 0 fully saturated rings. The lowest BCUT2D eigenvalue weighted by Gasteiger charge is -1.95. The van der Waals surface area contributed by atoms with Crippen molar-refractivity contribution in [2.75, 3.05) is 0 Å². The van der Waals surface area contributed by atoms with E-state index in [0.717, 1.165) is 42.9 Å². The summed E-state index contributed by atoms with van der Waals surface area (Å²) in [6, 6.07) is 0. The molecule has 1 aromatic rings. The third kappa shape index (κ3) is 2.69. The second-order valence-corrected chi connectivity index (χ2v) is 4.19. The van der Waals surface area contributed by atoms with Gasteiger partial charge in [0.2, 0.25) is 0 Å². The zero-order chi connectivity index (χ0) is 10.6. The Morgan fingerprint density at radius 3 is 2.79 bits per heavy atom. The number of hydrogen-bond donors (Lipinski definition) is 1. The highest BCUT2D eigenvalue weighted by molar-refractivity contribution is 7.08. The van der Waals surface area contributed by atoms with Gasteiger partial charge in [0, 0.05) is 0 Å². The van der Waals surface area contributed by atoms with Crippen molar-refractivity contribution >= 4 is 29.1 Å². The summed E-state index contributed by atoms with van der Waals surface area (Å²) in [5.41, 5.74) is 0.725. The Morgan fingerprint density at radius 2 is 2.29 bits per heavy atom. The van der Waals surface area contributed by atoms with Crippen molar-refractivity contribution in [3.8, 4) is 0 Å². The van der Waals surface area contributed by atoms with Gasteiger partial charge in [0.1, 0.15) is 0 Å². The molecule has 0 radical (unpaired) electrons. The van der Waals surface area contributed by atoms with Crippen LogP contribution in [-0.4, -0.2) is 15.4 Å². The molecule has 0 aliphatic carbocycles. The molecule has 14 heavy (non-hydrogen) atoms. The number of carboxylic acids is 1. The van der Waals surface area contributed by atoms with Gasteiger partial charge in [0.25, 0.3) is 0 Å². The molecule has 0 unspecified atom stereocenters. The van der Waals surface area contributed by atoms with Crippen molar-refractivity contribution in [2.45, 2.75) is 32.6 Å². The fourth-order valence-corrected chi connectivity index (χ4v) is 2.17. The molecule has 0 bridgehead atoms. The van der Waals surface area contributed by atoms with Gasteiger partial charge >= 0.3 is 5.97 Å². The second-order valence-electron chi connectivity index (χ2n) is 3.03. The summed E-state index contributed by atoms with van der Waals surface area (Å²) in [6.07, 6.45) is 4.04. The number of nitrogens with zero attached hydrogens (tertiary/aromatic N) is 1. The van der Waals surface area contributed by atoms with Gasteiger partial charge in [-0.1, -0.05) is 31.4 Å². The van der Waals surface area contributed by atoms with Gasteiger partial charge < -0.3 is 5.11 Å². The lowest BCUT2D eigenvalue weighted by Crippen LogP contribution is -1.93. The van der Waals surface area contributed by atoms with Crippen molar-refractivity contribution in [3.05, 3.63) is 15.6 Å². The summed E-state index contributed by atoms with van der Waals surface area (Å²) in [5, 5.41) is 9.05. The van der Waals surface area contributed by atoms with Crippen molar-refractivity contribution in [1.29, 1.82) is 0 Å². The summed E-state index contributed by atoms with van der Waals surface area (Å²) in [7, 11) is 0. The van der Waals surface area contributed by atoms with Crippen LogP contribution in [-0.2, 0) is 6.42 Å². The van der Waals surface area contributed by atoms with E-state index in [1.807, 2.05) is 0 Å². The lowest BCUT2D eigenvalue weighted by molar-refractivity contribution is 0.0702. The molecule has 1 N–H and O–H groups in total. The number of carbonyl (C=O) groups is 1. The minimum Gasteiger partial charge on any atom is -0.477 e. The molecule has 0 aliphatic heterocycles. The standard InChI is InChI=1S/C9H12ClNO2S/c1-2-3-4-5-6-7(10)8(9(12)13)14-11-6/h2-5H2,1H3,(H,12,13). The van der Waals surface area contributed by atoms with E-state index >= 15 is 0 Å². The van der Waals surface area contributed by atoms with E-state index in [4.69, 9.17) is 16.7 Å². The second kappa shape index (κ2) is 5.32. The highest BCUT2D eigenvalue weighted by Crippen LogP contribution is 2.25. The molecule has 1 aromatic heterocycles. The highest BCUT2D eigenvalue weighted by Gasteiger charge is 2.16. The predicted molar refractivity (Wildman–Crippen MR) is 57.3 cm³/mol. The topological polar surface area (TPSA) is 50.2 Å². The molecule has 0 aromatic carbocycles. The van der Waals surface area contributed by atoms with Crippen molar-refractivity contribution in [3.63, 3.8) is 0 Å². The number of aromatic nitrogens is 1. The van der Waals surface area contributed by atoms with E-state index in [1.165, 1.54) is 0 Å². The van der Waals surface area contributed by atoms with Crippen LogP contribution in [0.5, 0.6) is 0 Å². The first-order valence-corrected chi connectivity index (χ1v) is 5.69. The average molecular weight is 234 g/mol. The predicted octanol–water partition coefficient (Wildman–Crippen LogP) is 3.23. The molecule has 0 atom stereocenters. The Balaban J connectivity index is 2.65. The van der Waals surface area contributed by atoms with Gasteiger partial charge in [0.05, 0.1) is 10.7 Å². The summed E-state index contributed by atoms with van der Waals surface area (Å²) in [6.45, 7) is 2.12. The van der Waals surface area contributed by atoms with Crippen LogP contribution in [0.15, 0.2) is 0 Å². The molecular weight excluding hydrogens is 222 g/mol. The maximum Gasteiger partial charge on any atom is 0.349 e. The van der Waals surface area contributed by atoms with Gasteiger partial charge in [-0.3, -0.25) is 0 Å². The van der Waals surface area contributed by atoms with Crippen LogP contribution < -0.4 is 0 Å². The van der Waals surface area contributed by atoms with Gasteiger partial charge in [-0.2, -0.15) is 4.37 Å². The van der Waals surface area contributed by atoms with Gasteiger partial charge in [0.15, 0.2) is 4.88 Å². The minimum atomic E-state index is -0.991. The highest BCUT2D eigenvalue weighted by atomic mass is 35.5. The SMILES string of the molecule is CCCCCc1nsc(C(=O)O)c1Cl. The van der Waals surface area contributed by atoms with Crippen LogP contribution in [0.4, 0.5) is 0 Å². The first-order valence-electron chi connectivity index (χ1n) is 4.54. The number of halogens is 1. The van der Waals surface area contributed by atoms with Gasteiger partial charge in [-0.05, 0) is 24.4 Å². The molecule has 0 spiro atoms. The van der Waals surface area contributed by atoms with Gasteiger partial charge in [-0.25, -0.2) is 4.79 Å². The Bertz CT molecular complexity index is 325. The summed E-state index contributed by atoms with van der Waals surface area (Å²) >= 11 is 6.83. The van der Waals surface area contributed by atoms with Crippen molar-refractivity contribution in [1.82, 2.24) is 4.37 Å². The maximum absolute atomic E-state index is 10.7. The number of aromatic carboxylic acids is 1. The van der Waals surface area contributed by atoms with E-state index in [0.29, 0.717) is 5.02 Å². The molecule has 0 saturated heterocycles. The normalized spacial score (nSPS) is 10.4. The van der Waals surface area contributed by atoms with Crippen LogP contribution in [0.2, 0.25) is 5.02 Å². The molecule has 0 aliphatic rings. The number of rotatable bonds is 5. The summed E-state index contributed by atoms with van der Waals surface area (Å²) in [5.74, 6) is -0.991. The van der Waals surface area contributed by atoms with Crippen LogP contribution >= 0.6 is 23.1 Å². The lowest BCUT2D eigenvalue weighted by atomic mass is 10.1. The molecule has 0 saturated carbocycles. The quantitative estimate of drug-likeness (QED) is 0.795. The first-order chi connectivity index (χ1) is 6.66. The third-order valence-corrected chi connectivity index (χ3v) is 3.30. The van der Waals surface area contributed by atoms with E-state index in [2.05, 4.69) is 11.3 Å². The first kappa shape index (κ1) is 11.5. The average Bonchev–Trinajstić information content (AvgIpc) is 2.48. The number of hydrogen-bond acceptors (Lipinski definition) is 3. The van der Waals surface area contributed by atoms with Crippen molar-refractivity contribution < 1.29 is 9.90 Å². The van der Waals surface area contributed by atoms with E-state index in [9.17, 15) is 4.79 Å². The summed E-state index contributed by atoms with van der Waals surface area (Å²) in [4.78, 5) is 10.8. The smallest absolute Gasteiger partial charge is 0.349 e. The minimum absolute atomic E-state index is 0.151. The zero-order valence-corrected chi connectivity index (χ0v) is 9.49. The van der Waals surface area contributed by atoms with Crippen LogP contribution in [0, 0.1) is 0 Å². The largest absolute Gasteiger partial charge is 0.477 e. The van der Waals surface area contributed by atoms with Crippen molar-refractivity contribution in [2.24, 2.45) is 0 Å². The fourth-order valence-electron chi connectivity index (χ4n) is 1.14. The molecule has 0 amide bonds. The number of carboxylic acid groups (broad SMARTS) is 1. The Morgan fingerprint density at radius 1 is 1.57 bits per heavy atom. The molecule has 78 valence electrons. The molecular formula is C9H12ClNO2S. The summed E-state index contributed by atoms with van der Waals surface area (Å²) < 4.78 is 4.04. The van der Waals surface area contributed by atoms with E-state index in [-0.39, 0.29) is 4.88 Å².